The first-order chi connectivity index (χ1) is 9.95. The van der Waals surface area contributed by atoms with Gasteiger partial charge in [-0.1, -0.05) is 17.4 Å². The van der Waals surface area contributed by atoms with Crippen molar-refractivity contribution in [3.05, 3.63) is 23.5 Å². The molecule has 0 radical (unpaired) electrons. The summed E-state index contributed by atoms with van der Waals surface area (Å²) in [6, 6.07) is 0.281. The van der Waals surface area contributed by atoms with Crippen LogP contribution in [0.1, 0.15) is 37.1 Å². The standard InChI is InChI=1S/C14H19F3N4/c1-21-13(14(15,16)17)12(19-20-21)8-18-11-6-9-4-2-3-5-10(9)7-11/h2-3,9-11,18H,4-8H2,1H3. The predicted molar refractivity (Wildman–Crippen MR) is 71.2 cm³/mol. The molecule has 2 aliphatic rings. The third-order valence-electron chi connectivity index (χ3n) is 4.61. The van der Waals surface area contributed by atoms with E-state index < -0.39 is 11.9 Å². The van der Waals surface area contributed by atoms with Crippen LogP contribution in [0.3, 0.4) is 0 Å². The van der Waals surface area contributed by atoms with Gasteiger partial charge in [0.25, 0.3) is 0 Å². The van der Waals surface area contributed by atoms with Gasteiger partial charge in [0, 0.05) is 19.6 Å². The molecule has 1 saturated carbocycles. The van der Waals surface area contributed by atoms with Crippen LogP contribution in [0.5, 0.6) is 0 Å². The Balaban J connectivity index is 1.62. The summed E-state index contributed by atoms with van der Waals surface area (Å²) in [6.07, 6.45) is 4.29. The Morgan fingerprint density at radius 3 is 2.43 bits per heavy atom. The van der Waals surface area contributed by atoms with Crippen molar-refractivity contribution in [3.63, 3.8) is 0 Å². The number of nitrogens with one attached hydrogen (secondary N) is 1. The van der Waals surface area contributed by atoms with Crippen LogP contribution >= 0.6 is 0 Å². The van der Waals surface area contributed by atoms with E-state index in [2.05, 4.69) is 27.8 Å². The molecule has 4 nitrogen and oxygen atoms in total. The van der Waals surface area contributed by atoms with Crippen LogP contribution in [0.4, 0.5) is 13.2 Å². The minimum absolute atomic E-state index is 0.0157. The number of hydrogen-bond donors (Lipinski definition) is 1. The molecule has 0 saturated heterocycles. The van der Waals surface area contributed by atoms with Crippen LogP contribution in [0, 0.1) is 11.8 Å². The van der Waals surface area contributed by atoms with Crippen LogP contribution in [0.25, 0.3) is 0 Å². The fourth-order valence-electron chi connectivity index (χ4n) is 3.61. The Morgan fingerprint density at radius 2 is 1.86 bits per heavy atom. The lowest BCUT2D eigenvalue weighted by molar-refractivity contribution is -0.144. The van der Waals surface area contributed by atoms with E-state index in [-0.39, 0.29) is 18.3 Å². The number of rotatable bonds is 3. The van der Waals surface area contributed by atoms with Gasteiger partial charge in [-0.3, -0.25) is 0 Å². The monoisotopic (exact) mass is 300 g/mol. The van der Waals surface area contributed by atoms with Crippen LogP contribution in [-0.4, -0.2) is 21.0 Å². The first kappa shape index (κ1) is 14.6. The predicted octanol–water partition coefficient (Wildman–Crippen LogP) is 2.67. The van der Waals surface area contributed by atoms with Crippen molar-refractivity contribution >= 4 is 0 Å². The highest BCUT2D eigenvalue weighted by atomic mass is 19.4. The van der Waals surface area contributed by atoms with Crippen molar-refractivity contribution in [2.75, 3.05) is 0 Å². The van der Waals surface area contributed by atoms with Gasteiger partial charge in [-0.2, -0.15) is 13.2 Å². The summed E-state index contributed by atoms with van der Waals surface area (Å²) in [5.74, 6) is 1.35. The molecule has 1 heterocycles. The molecule has 0 aromatic carbocycles. The summed E-state index contributed by atoms with van der Waals surface area (Å²) >= 11 is 0. The number of aromatic nitrogens is 3. The highest BCUT2D eigenvalue weighted by molar-refractivity contribution is 5.14. The number of allylic oxidation sites excluding steroid dienone is 2. The van der Waals surface area contributed by atoms with Crippen molar-refractivity contribution in [3.8, 4) is 0 Å². The summed E-state index contributed by atoms with van der Waals surface area (Å²) in [6.45, 7) is 0.125. The molecule has 2 aliphatic carbocycles. The Labute approximate surface area is 121 Å². The molecule has 2 atom stereocenters. The molecule has 116 valence electrons. The van der Waals surface area contributed by atoms with Gasteiger partial charge < -0.3 is 5.32 Å². The lowest BCUT2D eigenvalue weighted by Crippen LogP contribution is -2.27. The summed E-state index contributed by atoms with van der Waals surface area (Å²) in [5.41, 5.74) is -0.773. The Kier molecular flexibility index (Phi) is 3.77. The van der Waals surface area contributed by atoms with Gasteiger partial charge in [0.05, 0.1) is 0 Å². The lowest BCUT2D eigenvalue weighted by atomic mass is 9.86. The normalized spacial score (nSPS) is 28.9. The van der Waals surface area contributed by atoms with Crippen molar-refractivity contribution in [1.29, 1.82) is 0 Å². The minimum Gasteiger partial charge on any atom is -0.308 e. The zero-order chi connectivity index (χ0) is 15.0. The molecule has 0 amide bonds. The van der Waals surface area contributed by atoms with Crippen molar-refractivity contribution in [2.24, 2.45) is 18.9 Å². The smallest absolute Gasteiger partial charge is 0.308 e. The molecule has 2 unspecified atom stereocenters. The fraction of sp³-hybridized carbons (Fsp3) is 0.714. The number of aryl methyl sites for hydroxylation is 1. The van der Waals surface area contributed by atoms with Gasteiger partial charge in [0.2, 0.25) is 0 Å². The van der Waals surface area contributed by atoms with Crippen LogP contribution in [0.2, 0.25) is 0 Å². The summed E-state index contributed by atoms with van der Waals surface area (Å²) in [4.78, 5) is 0. The molecule has 7 heteroatoms. The topological polar surface area (TPSA) is 42.7 Å². The Bertz CT molecular complexity index is 519. The average molecular weight is 300 g/mol. The van der Waals surface area contributed by atoms with Crippen LogP contribution < -0.4 is 5.32 Å². The van der Waals surface area contributed by atoms with E-state index >= 15 is 0 Å². The maximum atomic E-state index is 12.9. The van der Waals surface area contributed by atoms with E-state index in [0.29, 0.717) is 11.8 Å². The first-order valence-corrected chi connectivity index (χ1v) is 7.29. The second-order valence-corrected chi connectivity index (χ2v) is 6.02. The molecule has 1 N–H and O–H groups in total. The summed E-state index contributed by atoms with van der Waals surface area (Å²) in [7, 11) is 1.27. The molecule has 1 aromatic rings. The highest BCUT2D eigenvalue weighted by Crippen LogP contribution is 2.39. The maximum absolute atomic E-state index is 12.9. The minimum atomic E-state index is -4.41. The van der Waals surface area contributed by atoms with E-state index in [9.17, 15) is 13.2 Å². The van der Waals surface area contributed by atoms with Gasteiger partial charge in [0.1, 0.15) is 5.69 Å². The number of halogens is 3. The SMILES string of the molecule is Cn1nnc(CNC2CC3CC=CCC3C2)c1C(F)(F)F. The number of alkyl halides is 3. The highest BCUT2D eigenvalue weighted by Gasteiger charge is 2.39. The largest absolute Gasteiger partial charge is 0.434 e. The van der Waals surface area contributed by atoms with Gasteiger partial charge in [-0.05, 0) is 37.5 Å². The Hall–Kier alpha value is -1.37. The second kappa shape index (κ2) is 5.44. The fourth-order valence-corrected chi connectivity index (χ4v) is 3.61. The van der Waals surface area contributed by atoms with Gasteiger partial charge in [0.15, 0.2) is 5.69 Å². The van der Waals surface area contributed by atoms with Gasteiger partial charge in [-0.15, -0.1) is 5.10 Å². The Morgan fingerprint density at radius 1 is 1.24 bits per heavy atom. The summed E-state index contributed by atoms with van der Waals surface area (Å²) < 4.78 is 39.6. The van der Waals surface area contributed by atoms with E-state index in [1.165, 1.54) is 7.05 Å². The van der Waals surface area contributed by atoms with E-state index in [1.54, 1.807) is 0 Å². The maximum Gasteiger partial charge on any atom is 0.434 e. The van der Waals surface area contributed by atoms with E-state index in [1.807, 2.05) is 0 Å². The molecular formula is C14H19F3N4. The molecule has 1 fully saturated rings. The van der Waals surface area contributed by atoms with E-state index in [4.69, 9.17) is 0 Å². The van der Waals surface area contributed by atoms with Crippen molar-refractivity contribution < 1.29 is 13.2 Å². The van der Waals surface area contributed by atoms with Gasteiger partial charge in [-0.25, -0.2) is 4.68 Å². The van der Waals surface area contributed by atoms with E-state index in [0.717, 1.165) is 30.4 Å². The zero-order valence-corrected chi connectivity index (χ0v) is 11.9. The first-order valence-electron chi connectivity index (χ1n) is 7.29. The number of fused-ring (bicyclic) bond motifs is 1. The van der Waals surface area contributed by atoms with Gasteiger partial charge >= 0.3 is 6.18 Å². The van der Waals surface area contributed by atoms with Crippen molar-refractivity contribution in [2.45, 2.75) is 44.4 Å². The van der Waals surface area contributed by atoms with Crippen LogP contribution in [0.15, 0.2) is 12.2 Å². The van der Waals surface area contributed by atoms with Crippen LogP contribution in [-0.2, 0) is 19.8 Å². The third kappa shape index (κ3) is 2.97. The summed E-state index contributed by atoms with van der Waals surface area (Å²) in [5, 5.41) is 10.4. The number of hydrogen-bond acceptors (Lipinski definition) is 3. The quantitative estimate of drug-likeness (QED) is 0.873. The molecule has 0 spiro atoms. The molecular weight excluding hydrogens is 281 g/mol. The second-order valence-electron chi connectivity index (χ2n) is 6.02. The lowest BCUT2D eigenvalue weighted by Gasteiger charge is -2.19. The third-order valence-corrected chi connectivity index (χ3v) is 4.61. The molecule has 21 heavy (non-hydrogen) atoms. The number of nitrogens with zero attached hydrogens (tertiary/aromatic N) is 3. The molecule has 0 bridgehead atoms. The molecule has 1 aromatic heterocycles. The molecule has 3 rings (SSSR count). The average Bonchev–Trinajstić information content (AvgIpc) is 2.98. The van der Waals surface area contributed by atoms with Crippen molar-refractivity contribution in [1.82, 2.24) is 20.3 Å². The molecule has 0 aliphatic heterocycles. The zero-order valence-electron chi connectivity index (χ0n) is 11.9.